The lowest BCUT2D eigenvalue weighted by molar-refractivity contribution is -0.154. The van der Waals surface area contributed by atoms with E-state index in [-0.39, 0.29) is 49.3 Å². The molecule has 0 fully saturated rings. The van der Waals surface area contributed by atoms with Crippen LogP contribution in [0.4, 0.5) is 9.59 Å². The van der Waals surface area contributed by atoms with E-state index in [0.29, 0.717) is 6.42 Å². The maximum absolute atomic E-state index is 12.4. The van der Waals surface area contributed by atoms with Crippen molar-refractivity contribution in [2.24, 2.45) is 16.2 Å². The molecule has 0 aromatic rings. The number of rotatable bonds is 21. The molecular formula is C38H74N2O8. The van der Waals surface area contributed by atoms with Gasteiger partial charge in [-0.15, -0.1) is 0 Å². The van der Waals surface area contributed by atoms with E-state index in [1.807, 2.05) is 76.2 Å². The van der Waals surface area contributed by atoms with Crippen LogP contribution in [-0.2, 0) is 28.5 Å². The highest BCUT2D eigenvalue weighted by molar-refractivity contribution is 5.76. The van der Waals surface area contributed by atoms with E-state index in [2.05, 4.69) is 31.4 Å². The zero-order chi connectivity index (χ0) is 37.7. The summed E-state index contributed by atoms with van der Waals surface area (Å²) in [6.07, 6.45) is 9.72. The van der Waals surface area contributed by atoms with Crippen LogP contribution in [0.2, 0.25) is 0 Å². The Morgan fingerprint density at radius 2 is 0.854 bits per heavy atom. The van der Waals surface area contributed by atoms with Crippen LogP contribution in [0.25, 0.3) is 0 Å². The molecule has 48 heavy (non-hydrogen) atoms. The Morgan fingerprint density at radius 1 is 0.521 bits per heavy atom. The Bertz CT molecular complexity index is 916. The molecule has 0 rings (SSSR count). The second-order valence-corrected chi connectivity index (χ2v) is 15.6. The monoisotopic (exact) mass is 687 g/mol. The number of esters is 2. The fraction of sp³-hybridized carbons (Fsp3) is 0.895. The first-order chi connectivity index (χ1) is 22.1. The van der Waals surface area contributed by atoms with Crippen molar-refractivity contribution in [1.82, 2.24) is 10.6 Å². The normalized spacial score (nSPS) is 12.3. The average molecular weight is 687 g/mol. The zero-order valence-electron chi connectivity index (χ0n) is 33.4. The highest BCUT2D eigenvalue weighted by atomic mass is 16.6. The van der Waals surface area contributed by atoms with Gasteiger partial charge in [-0.25, -0.2) is 9.59 Å². The minimum atomic E-state index is -0.585. The molecule has 0 atom stereocenters. The summed E-state index contributed by atoms with van der Waals surface area (Å²) in [6.45, 7) is 28.4. The molecule has 10 nitrogen and oxygen atoms in total. The third kappa shape index (κ3) is 19.5. The van der Waals surface area contributed by atoms with Crippen LogP contribution in [-0.4, -0.2) is 61.6 Å². The Balaban J connectivity index is 0. The molecule has 0 aliphatic carbocycles. The molecule has 0 aromatic heterocycles. The molecule has 10 heteroatoms. The molecule has 0 saturated carbocycles. The molecule has 0 aliphatic rings. The molecule has 284 valence electrons. The quantitative estimate of drug-likeness (QED) is 0.0694. The summed E-state index contributed by atoms with van der Waals surface area (Å²) in [5, 5.41) is 5.35. The number of hydrogen-bond acceptors (Lipinski definition) is 8. The molecular weight excluding hydrogens is 612 g/mol. The highest BCUT2D eigenvalue weighted by Gasteiger charge is 2.37. The van der Waals surface area contributed by atoms with Crippen molar-refractivity contribution in [1.29, 1.82) is 0 Å². The molecule has 2 N–H and O–H groups in total. The summed E-state index contributed by atoms with van der Waals surface area (Å²) < 4.78 is 21.8. The Labute approximate surface area is 293 Å². The maximum Gasteiger partial charge on any atom is 0.407 e. The number of carbonyl (C=O) groups is 4. The van der Waals surface area contributed by atoms with Crippen molar-refractivity contribution >= 4 is 24.1 Å². The SMILES string of the molecule is CCC(C)(C)C(=O)OCCNC(=O)OC(C)(C)C(C)(C)C.CCCCC(CCCC)(CCCC)OC(=O)NCCOC(=O)C(C)(C)CC. The van der Waals surface area contributed by atoms with E-state index in [1.54, 1.807) is 0 Å². The largest absolute Gasteiger partial charge is 0.463 e. The number of hydrogen-bond donors (Lipinski definition) is 2. The minimum absolute atomic E-state index is 0.146. The summed E-state index contributed by atoms with van der Waals surface area (Å²) in [7, 11) is 0. The maximum atomic E-state index is 12.4. The van der Waals surface area contributed by atoms with E-state index in [0.717, 1.165) is 64.2 Å². The number of amides is 2. The Morgan fingerprint density at radius 3 is 1.15 bits per heavy atom. The third-order valence-electron chi connectivity index (χ3n) is 9.50. The topological polar surface area (TPSA) is 129 Å². The molecule has 0 unspecified atom stereocenters. The van der Waals surface area contributed by atoms with E-state index in [4.69, 9.17) is 18.9 Å². The molecule has 0 saturated heterocycles. The van der Waals surface area contributed by atoms with Crippen molar-refractivity contribution in [2.75, 3.05) is 26.3 Å². The third-order valence-corrected chi connectivity index (χ3v) is 9.50. The van der Waals surface area contributed by atoms with Crippen LogP contribution in [0.15, 0.2) is 0 Å². The predicted octanol–water partition coefficient (Wildman–Crippen LogP) is 9.52. The Hall–Kier alpha value is -2.52. The lowest BCUT2D eigenvalue weighted by Crippen LogP contribution is -2.44. The fourth-order valence-electron chi connectivity index (χ4n) is 3.95. The van der Waals surface area contributed by atoms with E-state index < -0.39 is 28.6 Å². The van der Waals surface area contributed by atoms with Crippen molar-refractivity contribution in [2.45, 2.75) is 179 Å². The van der Waals surface area contributed by atoms with Crippen LogP contribution in [0.5, 0.6) is 0 Å². The summed E-state index contributed by atoms with van der Waals surface area (Å²) in [5.41, 5.74) is -2.10. The first kappa shape index (κ1) is 47.6. The average Bonchev–Trinajstić information content (AvgIpc) is 3.01. The summed E-state index contributed by atoms with van der Waals surface area (Å²) in [5.74, 6) is -0.487. The lowest BCUT2D eigenvalue weighted by Gasteiger charge is -2.37. The smallest absolute Gasteiger partial charge is 0.407 e. The van der Waals surface area contributed by atoms with Crippen molar-refractivity contribution in [3.05, 3.63) is 0 Å². The molecule has 2 amide bonds. The molecule has 0 heterocycles. The number of alkyl carbamates (subject to hydrolysis) is 2. The van der Waals surface area contributed by atoms with Gasteiger partial charge in [-0.2, -0.15) is 0 Å². The van der Waals surface area contributed by atoms with Gasteiger partial charge in [-0.05, 0) is 92.9 Å². The van der Waals surface area contributed by atoms with Crippen LogP contribution in [0.1, 0.15) is 168 Å². The van der Waals surface area contributed by atoms with Crippen molar-refractivity contribution in [3.8, 4) is 0 Å². The van der Waals surface area contributed by atoms with E-state index in [1.165, 1.54) is 0 Å². The van der Waals surface area contributed by atoms with Gasteiger partial charge >= 0.3 is 24.1 Å². The first-order valence-electron chi connectivity index (χ1n) is 18.4. The second-order valence-electron chi connectivity index (χ2n) is 15.6. The van der Waals surface area contributed by atoms with Crippen molar-refractivity contribution < 1.29 is 38.1 Å². The summed E-state index contributed by atoms with van der Waals surface area (Å²) in [4.78, 5) is 47.8. The highest BCUT2D eigenvalue weighted by Crippen LogP contribution is 2.33. The van der Waals surface area contributed by atoms with E-state index >= 15 is 0 Å². The Kier molecular flexibility index (Phi) is 22.8. The van der Waals surface area contributed by atoms with Gasteiger partial charge in [0, 0.05) is 5.41 Å². The molecule has 0 aliphatic heterocycles. The molecule has 0 radical (unpaired) electrons. The van der Waals surface area contributed by atoms with Gasteiger partial charge in [0.1, 0.15) is 24.4 Å². The molecule has 0 bridgehead atoms. The van der Waals surface area contributed by atoms with Gasteiger partial charge in [0.25, 0.3) is 0 Å². The lowest BCUT2D eigenvalue weighted by atomic mass is 9.79. The van der Waals surface area contributed by atoms with Crippen molar-refractivity contribution in [3.63, 3.8) is 0 Å². The first-order valence-corrected chi connectivity index (χ1v) is 18.4. The summed E-state index contributed by atoms with van der Waals surface area (Å²) in [6, 6.07) is 0. The standard InChI is InChI=1S/C22H43NO4.C16H31NO4/c1-7-11-14-22(15-12-8-2,16-13-9-3)27-20(25)23-17-18-26-19(24)21(5,6)10-4;1-9-15(5,6)12(18)20-11-10-17-13(19)21-16(7,8)14(2,3)4/h7-18H2,1-6H3,(H,23,25);9-11H2,1-8H3,(H,17,19). The zero-order valence-corrected chi connectivity index (χ0v) is 33.4. The second kappa shape index (κ2) is 23.0. The number of unbranched alkanes of at least 4 members (excludes halogenated alkanes) is 3. The van der Waals surface area contributed by atoms with Gasteiger partial charge in [0.2, 0.25) is 0 Å². The van der Waals surface area contributed by atoms with Gasteiger partial charge in [-0.1, -0.05) is 74.7 Å². The number of carbonyl (C=O) groups excluding carboxylic acids is 4. The molecule has 0 spiro atoms. The fourth-order valence-corrected chi connectivity index (χ4v) is 3.95. The summed E-state index contributed by atoms with van der Waals surface area (Å²) >= 11 is 0. The van der Waals surface area contributed by atoms with Gasteiger partial charge in [0.05, 0.1) is 23.9 Å². The number of ether oxygens (including phenoxy) is 4. The van der Waals surface area contributed by atoms with Gasteiger partial charge in [-0.3, -0.25) is 9.59 Å². The van der Waals surface area contributed by atoms with Gasteiger partial charge < -0.3 is 29.6 Å². The number of nitrogens with one attached hydrogen (secondary N) is 2. The van der Waals surface area contributed by atoms with Crippen LogP contribution >= 0.6 is 0 Å². The van der Waals surface area contributed by atoms with E-state index in [9.17, 15) is 19.2 Å². The van der Waals surface area contributed by atoms with Crippen LogP contribution < -0.4 is 10.6 Å². The molecule has 0 aromatic carbocycles. The van der Waals surface area contributed by atoms with Gasteiger partial charge in [0.15, 0.2) is 0 Å². The van der Waals surface area contributed by atoms with Crippen LogP contribution in [0, 0.1) is 16.2 Å². The van der Waals surface area contributed by atoms with Crippen LogP contribution in [0.3, 0.4) is 0 Å². The minimum Gasteiger partial charge on any atom is -0.463 e. The predicted molar refractivity (Wildman–Crippen MR) is 194 cm³/mol.